The molecule has 0 amide bonds. The van der Waals surface area contributed by atoms with Crippen LogP contribution < -0.4 is 5.32 Å². The Labute approximate surface area is 112 Å². The van der Waals surface area contributed by atoms with E-state index >= 15 is 0 Å². The van der Waals surface area contributed by atoms with Crippen LogP contribution in [0.1, 0.15) is 52.4 Å². The fraction of sp³-hybridized carbons (Fsp3) is 1.00. The van der Waals surface area contributed by atoms with Gasteiger partial charge in [0.2, 0.25) is 0 Å². The highest BCUT2D eigenvalue weighted by Crippen LogP contribution is 2.28. The highest BCUT2D eigenvalue weighted by molar-refractivity contribution is 4.88. The number of hydrogen-bond acceptors (Lipinski definition) is 3. The topological polar surface area (TPSA) is 35.5 Å². The summed E-state index contributed by atoms with van der Waals surface area (Å²) in [5.41, 5.74) is 0.355. The van der Waals surface area contributed by atoms with Crippen LogP contribution in [0, 0.1) is 5.41 Å². The van der Waals surface area contributed by atoms with E-state index in [1.165, 1.54) is 45.1 Å². The lowest BCUT2D eigenvalue weighted by Crippen LogP contribution is -2.49. The second kappa shape index (κ2) is 6.36. The lowest BCUT2D eigenvalue weighted by Gasteiger charge is -2.41. The van der Waals surface area contributed by atoms with Crippen LogP contribution in [0.3, 0.4) is 0 Å². The Balaban J connectivity index is 1.85. The Hall–Kier alpha value is -0.120. The molecule has 1 heterocycles. The molecule has 18 heavy (non-hydrogen) atoms. The SMILES string of the molecule is CCC(C)(CNC1CC1)CN1CCCCC1CO. The summed E-state index contributed by atoms with van der Waals surface area (Å²) in [5.74, 6) is 0. The molecule has 2 rings (SSSR count). The Morgan fingerprint density at radius 2 is 2.06 bits per heavy atom. The van der Waals surface area contributed by atoms with Gasteiger partial charge in [-0.2, -0.15) is 0 Å². The van der Waals surface area contributed by atoms with Gasteiger partial charge in [-0.25, -0.2) is 0 Å². The first-order valence-corrected chi connectivity index (χ1v) is 7.75. The maximum absolute atomic E-state index is 9.50. The van der Waals surface area contributed by atoms with Crippen LogP contribution in [-0.2, 0) is 0 Å². The predicted octanol–water partition coefficient (Wildman–Crippen LogP) is 2.00. The van der Waals surface area contributed by atoms with Gasteiger partial charge in [0, 0.05) is 25.2 Å². The highest BCUT2D eigenvalue weighted by Gasteiger charge is 2.32. The average Bonchev–Trinajstić information content (AvgIpc) is 3.21. The number of hydrogen-bond donors (Lipinski definition) is 2. The smallest absolute Gasteiger partial charge is 0.0586 e. The van der Waals surface area contributed by atoms with E-state index < -0.39 is 0 Å². The summed E-state index contributed by atoms with van der Waals surface area (Å²) in [4.78, 5) is 2.53. The molecule has 0 radical (unpaired) electrons. The van der Waals surface area contributed by atoms with Crippen molar-refractivity contribution in [2.75, 3.05) is 26.2 Å². The monoisotopic (exact) mass is 254 g/mol. The number of piperidine rings is 1. The molecule has 3 heteroatoms. The summed E-state index contributed by atoms with van der Waals surface area (Å²) in [7, 11) is 0. The fourth-order valence-electron chi connectivity index (χ4n) is 2.94. The molecule has 2 unspecified atom stereocenters. The van der Waals surface area contributed by atoms with Crippen LogP contribution in [0.15, 0.2) is 0 Å². The van der Waals surface area contributed by atoms with Gasteiger partial charge in [-0.15, -0.1) is 0 Å². The summed E-state index contributed by atoms with van der Waals surface area (Å²) in [6, 6.07) is 1.21. The molecule has 2 fully saturated rings. The number of likely N-dealkylation sites (tertiary alicyclic amines) is 1. The van der Waals surface area contributed by atoms with E-state index in [1.54, 1.807) is 0 Å². The van der Waals surface area contributed by atoms with Crippen molar-refractivity contribution >= 4 is 0 Å². The van der Waals surface area contributed by atoms with Crippen LogP contribution in [0.5, 0.6) is 0 Å². The third-order valence-electron chi connectivity index (χ3n) is 4.79. The summed E-state index contributed by atoms with van der Waals surface area (Å²) in [5, 5.41) is 13.2. The average molecular weight is 254 g/mol. The molecule has 106 valence electrons. The van der Waals surface area contributed by atoms with E-state index in [1.807, 2.05) is 0 Å². The number of rotatable bonds is 7. The molecule has 2 N–H and O–H groups in total. The number of aliphatic hydroxyl groups is 1. The van der Waals surface area contributed by atoms with Gasteiger partial charge in [0.1, 0.15) is 0 Å². The Morgan fingerprint density at radius 1 is 1.28 bits per heavy atom. The molecule has 2 atom stereocenters. The van der Waals surface area contributed by atoms with E-state index in [-0.39, 0.29) is 0 Å². The van der Waals surface area contributed by atoms with Gasteiger partial charge < -0.3 is 10.4 Å². The molecule has 0 aromatic rings. The molecule has 1 aliphatic heterocycles. The highest BCUT2D eigenvalue weighted by atomic mass is 16.3. The molecular formula is C15H30N2O. The van der Waals surface area contributed by atoms with E-state index in [2.05, 4.69) is 24.1 Å². The Morgan fingerprint density at radius 3 is 2.67 bits per heavy atom. The Kier molecular flexibility index (Phi) is 5.05. The van der Waals surface area contributed by atoms with Crippen molar-refractivity contribution in [3.05, 3.63) is 0 Å². The minimum atomic E-state index is 0.329. The van der Waals surface area contributed by atoms with Crippen LogP contribution in [0.4, 0.5) is 0 Å². The van der Waals surface area contributed by atoms with E-state index in [0.717, 1.165) is 19.1 Å². The molecule has 0 bridgehead atoms. The first kappa shape index (κ1) is 14.3. The summed E-state index contributed by atoms with van der Waals surface area (Å²) in [6.07, 6.45) is 7.69. The lowest BCUT2D eigenvalue weighted by molar-refractivity contribution is 0.0508. The molecule has 1 aliphatic carbocycles. The predicted molar refractivity (Wildman–Crippen MR) is 75.7 cm³/mol. The molecule has 1 saturated carbocycles. The molecule has 3 nitrogen and oxygen atoms in total. The van der Waals surface area contributed by atoms with Gasteiger partial charge in [0.25, 0.3) is 0 Å². The lowest BCUT2D eigenvalue weighted by atomic mass is 9.85. The maximum Gasteiger partial charge on any atom is 0.0586 e. The zero-order valence-corrected chi connectivity index (χ0v) is 12.1. The summed E-state index contributed by atoms with van der Waals surface area (Å²) < 4.78 is 0. The third kappa shape index (κ3) is 3.94. The third-order valence-corrected chi connectivity index (χ3v) is 4.79. The van der Waals surface area contributed by atoms with Crippen LogP contribution in [-0.4, -0.2) is 48.3 Å². The number of nitrogens with zero attached hydrogens (tertiary/aromatic N) is 1. The van der Waals surface area contributed by atoms with Crippen molar-refractivity contribution in [3.63, 3.8) is 0 Å². The van der Waals surface area contributed by atoms with Crippen molar-refractivity contribution in [2.45, 2.75) is 64.5 Å². The minimum absolute atomic E-state index is 0.329. The zero-order valence-electron chi connectivity index (χ0n) is 12.1. The summed E-state index contributed by atoms with van der Waals surface area (Å²) in [6.45, 7) is 8.45. The molecule has 0 spiro atoms. The maximum atomic E-state index is 9.50. The van der Waals surface area contributed by atoms with Gasteiger partial charge in [0.15, 0.2) is 0 Å². The van der Waals surface area contributed by atoms with Gasteiger partial charge in [-0.05, 0) is 44.1 Å². The van der Waals surface area contributed by atoms with Crippen molar-refractivity contribution < 1.29 is 5.11 Å². The van der Waals surface area contributed by atoms with Crippen LogP contribution >= 0.6 is 0 Å². The van der Waals surface area contributed by atoms with Gasteiger partial charge in [-0.1, -0.05) is 20.3 Å². The van der Waals surface area contributed by atoms with E-state index in [4.69, 9.17) is 0 Å². The first-order chi connectivity index (χ1) is 8.67. The zero-order chi connectivity index (χ0) is 13.0. The molecular weight excluding hydrogens is 224 g/mol. The standard InChI is InChI=1S/C15H30N2O/c1-3-15(2,11-16-13-7-8-13)12-17-9-5-4-6-14(17)10-18/h13-14,16,18H,3-12H2,1-2H3. The quantitative estimate of drug-likeness (QED) is 0.729. The Bertz CT molecular complexity index is 255. The van der Waals surface area contributed by atoms with Gasteiger partial charge >= 0.3 is 0 Å². The van der Waals surface area contributed by atoms with E-state index in [9.17, 15) is 5.11 Å². The normalized spacial score (nSPS) is 29.2. The second-order valence-electron chi connectivity index (χ2n) is 6.62. The van der Waals surface area contributed by atoms with Crippen molar-refractivity contribution in [1.29, 1.82) is 0 Å². The van der Waals surface area contributed by atoms with Crippen LogP contribution in [0.25, 0.3) is 0 Å². The fourth-order valence-corrected chi connectivity index (χ4v) is 2.94. The minimum Gasteiger partial charge on any atom is -0.395 e. The molecule has 2 aliphatic rings. The number of nitrogens with one attached hydrogen (secondary N) is 1. The van der Waals surface area contributed by atoms with Crippen molar-refractivity contribution in [1.82, 2.24) is 10.2 Å². The first-order valence-electron chi connectivity index (χ1n) is 7.75. The number of aliphatic hydroxyl groups excluding tert-OH is 1. The van der Waals surface area contributed by atoms with Gasteiger partial charge in [-0.3, -0.25) is 4.90 Å². The molecule has 1 saturated heterocycles. The largest absolute Gasteiger partial charge is 0.395 e. The van der Waals surface area contributed by atoms with Gasteiger partial charge in [0.05, 0.1) is 6.61 Å². The molecule has 0 aromatic heterocycles. The van der Waals surface area contributed by atoms with Crippen molar-refractivity contribution in [2.24, 2.45) is 5.41 Å². The summed E-state index contributed by atoms with van der Waals surface area (Å²) >= 11 is 0. The van der Waals surface area contributed by atoms with Crippen LogP contribution in [0.2, 0.25) is 0 Å². The molecule has 0 aromatic carbocycles. The second-order valence-corrected chi connectivity index (χ2v) is 6.62. The van der Waals surface area contributed by atoms with Crippen molar-refractivity contribution in [3.8, 4) is 0 Å². The van der Waals surface area contributed by atoms with E-state index in [0.29, 0.717) is 18.1 Å².